The molecule has 2 aromatic rings. The fourth-order valence-corrected chi connectivity index (χ4v) is 3.01. The minimum Gasteiger partial charge on any atom is -0.305 e. The molecule has 1 atom stereocenters. The van der Waals surface area contributed by atoms with E-state index in [1.54, 1.807) is 11.3 Å². The van der Waals surface area contributed by atoms with Gasteiger partial charge in [0.25, 0.3) is 0 Å². The van der Waals surface area contributed by atoms with Crippen LogP contribution in [0.15, 0.2) is 41.8 Å². The monoisotopic (exact) mass is 313 g/mol. The van der Waals surface area contributed by atoms with Crippen molar-refractivity contribution in [3.63, 3.8) is 0 Å². The summed E-state index contributed by atoms with van der Waals surface area (Å²) in [5.41, 5.74) is 0.260. The highest BCUT2D eigenvalue weighted by Crippen LogP contribution is 2.29. The first-order chi connectivity index (χ1) is 10.0. The number of halogens is 3. The molecule has 0 bridgehead atoms. The molecule has 114 valence electrons. The highest BCUT2D eigenvalue weighted by atomic mass is 32.1. The van der Waals surface area contributed by atoms with Crippen LogP contribution < -0.4 is 5.32 Å². The molecule has 1 nitrogen and oxygen atoms in total. The fourth-order valence-electron chi connectivity index (χ4n) is 2.18. The van der Waals surface area contributed by atoms with E-state index in [-0.39, 0.29) is 6.04 Å². The second-order valence-corrected chi connectivity index (χ2v) is 5.91. The second-order valence-electron chi connectivity index (χ2n) is 4.93. The van der Waals surface area contributed by atoms with Crippen molar-refractivity contribution in [3.05, 3.63) is 57.8 Å². The van der Waals surface area contributed by atoms with Crippen molar-refractivity contribution < 1.29 is 13.2 Å². The van der Waals surface area contributed by atoms with Gasteiger partial charge in [-0.1, -0.05) is 31.5 Å². The standard InChI is InChI=1S/C16H18F3NS/c1-2-4-14(15-5-3-10-21-15)20-11-12-6-8-13(9-7-12)16(17,18)19/h3,5-10,14,20H,2,4,11H2,1H3. The van der Waals surface area contributed by atoms with Gasteiger partial charge in [-0.25, -0.2) is 0 Å². The van der Waals surface area contributed by atoms with Gasteiger partial charge in [-0.3, -0.25) is 0 Å². The molecule has 2 rings (SSSR count). The van der Waals surface area contributed by atoms with E-state index in [9.17, 15) is 13.2 Å². The van der Waals surface area contributed by atoms with E-state index in [0.717, 1.165) is 30.5 Å². The summed E-state index contributed by atoms with van der Waals surface area (Å²) < 4.78 is 37.5. The first kappa shape index (κ1) is 16.0. The highest BCUT2D eigenvalue weighted by Gasteiger charge is 2.29. The summed E-state index contributed by atoms with van der Waals surface area (Å²) in [6.45, 7) is 2.70. The maximum Gasteiger partial charge on any atom is 0.416 e. The van der Waals surface area contributed by atoms with E-state index in [1.165, 1.54) is 17.0 Å². The molecular formula is C16H18F3NS. The largest absolute Gasteiger partial charge is 0.416 e. The number of alkyl halides is 3. The van der Waals surface area contributed by atoms with Crippen LogP contribution in [0.5, 0.6) is 0 Å². The van der Waals surface area contributed by atoms with Crippen molar-refractivity contribution in [2.45, 2.75) is 38.5 Å². The molecule has 0 saturated carbocycles. The first-order valence-electron chi connectivity index (χ1n) is 6.93. The van der Waals surface area contributed by atoms with Gasteiger partial charge in [0.05, 0.1) is 5.56 Å². The van der Waals surface area contributed by atoms with Crippen molar-refractivity contribution in [2.75, 3.05) is 0 Å². The van der Waals surface area contributed by atoms with Gasteiger partial charge in [0.15, 0.2) is 0 Å². The zero-order valence-electron chi connectivity index (χ0n) is 11.8. The molecule has 21 heavy (non-hydrogen) atoms. The summed E-state index contributed by atoms with van der Waals surface area (Å²) in [7, 11) is 0. The third-order valence-corrected chi connectivity index (χ3v) is 4.28. The Kier molecular flexibility index (Phi) is 5.42. The number of benzene rings is 1. The summed E-state index contributed by atoms with van der Waals surface area (Å²) >= 11 is 1.70. The van der Waals surface area contributed by atoms with Crippen LogP contribution in [0.25, 0.3) is 0 Å². The van der Waals surface area contributed by atoms with Gasteiger partial charge in [0.2, 0.25) is 0 Å². The number of nitrogens with one attached hydrogen (secondary N) is 1. The van der Waals surface area contributed by atoms with Gasteiger partial charge in [-0.2, -0.15) is 13.2 Å². The summed E-state index contributed by atoms with van der Waals surface area (Å²) in [4.78, 5) is 1.27. The quantitative estimate of drug-likeness (QED) is 0.753. The minimum atomic E-state index is -4.27. The van der Waals surface area contributed by atoms with Gasteiger partial charge >= 0.3 is 6.18 Å². The summed E-state index contributed by atoms with van der Waals surface area (Å²) in [5.74, 6) is 0. The van der Waals surface area contributed by atoms with Crippen molar-refractivity contribution in [1.82, 2.24) is 5.32 Å². The molecule has 5 heteroatoms. The highest BCUT2D eigenvalue weighted by molar-refractivity contribution is 7.10. The number of thiophene rings is 1. The Labute approximate surface area is 126 Å². The molecule has 1 aromatic carbocycles. The van der Waals surface area contributed by atoms with Crippen LogP contribution in [0.3, 0.4) is 0 Å². The number of hydrogen-bond acceptors (Lipinski definition) is 2. The van der Waals surface area contributed by atoms with Crippen molar-refractivity contribution in [2.24, 2.45) is 0 Å². The summed E-state index contributed by atoms with van der Waals surface area (Å²) in [5, 5.41) is 5.47. The normalized spacial score (nSPS) is 13.3. The van der Waals surface area contributed by atoms with Crippen LogP contribution in [0.1, 0.15) is 41.8 Å². The predicted molar refractivity (Wildman–Crippen MR) is 80.3 cm³/mol. The predicted octanol–water partition coefficient (Wildman–Crippen LogP) is 5.40. The SMILES string of the molecule is CCCC(NCc1ccc(C(F)(F)F)cc1)c1cccs1. The van der Waals surface area contributed by atoms with E-state index in [2.05, 4.69) is 18.3 Å². The Hall–Kier alpha value is -1.33. The Balaban J connectivity index is 1.98. The Morgan fingerprint density at radius 3 is 2.38 bits per heavy atom. The average Bonchev–Trinajstić information content (AvgIpc) is 2.97. The van der Waals surface area contributed by atoms with Gasteiger partial charge in [0, 0.05) is 17.5 Å². The molecule has 1 unspecified atom stereocenters. The molecular weight excluding hydrogens is 295 g/mol. The molecule has 0 fully saturated rings. The van der Waals surface area contributed by atoms with Crippen molar-refractivity contribution in [3.8, 4) is 0 Å². The Bertz CT molecular complexity index is 532. The lowest BCUT2D eigenvalue weighted by molar-refractivity contribution is -0.137. The molecule has 0 aliphatic heterocycles. The molecule has 0 aliphatic rings. The van der Waals surface area contributed by atoms with Crippen LogP contribution in [0.2, 0.25) is 0 Å². The number of rotatable bonds is 6. The molecule has 0 amide bonds. The maximum atomic E-state index is 12.5. The zero-order chi connectivity index (χ0) is 15.3. The van der Waals surface area contributed by atoms with Crippen molar-refractivity contribution >= 4 is 11.3 Å². The lowest BCUT2D eigenvalue weighted by Gasteiger charge is -2.17. The van der Waals surface area contributed by atoms with Crippen molar-refractivity contribution in [1.29, 1.82) is 0 Å². The molecule has 0 spiro atoms. The van der Waals surface area contributed by atoms with E-state index < -0.39 is 11.7 Å². The third kappa shape index (κ3) is 4.58. The molecule has 1 aromatic heterocycles. The average molecular weight is 313 g/mol. The lowest BCUT2D eigenvalue weighted by atomic mass is 10.1. The zero-order valence-corrected chi connectivity index (χ0v) is 12.6. The lowest BCUT2D eigenvalue weighted by Crippen LogP contribution is -2.20. The van der Waals surface area contributed by atoms with Gasteiger partial charge in [0.1, 0.15) is 0 Å². The molecule has 1 heterocycles. The minimum absolute atomic E-state index is 0.261. The van der Waals surface area contributed by atoms with E-state index in [1.807, 2.05) is 11.4 Å². The van der Waals surface area contributed by atoms with E-state index in [4.69, 9.17) is 0 Å². The van der Waals surface area contributed by atoms with Gasteiger partial charge in [-0.05, 0) is 35.6 Å². The third-order valence-electron chi connectivity index (χ3n) is 3.30. The Morgan fingerprint density at radius 1 is 1.14 bits per heavy atom. The molecule has 0 radical (unpaired) electrons. The second kappa shape index (κ2) is 7.09. The van der Waals surface area contributed by atoms with Crippen LogP contribution >= 0.6 is 11.3 Å². The molecule has 1 N–H and O–H groups in total. The smallest absolute Gasteiger partial charge is 0.305 e. The van der Waals surface area contributed by atoms with Gasteiger partial charge < -0.3 is 5.32 Å². The number of hydrogen-bond donors (Lipinski definition) is 1. The molecule has 0 aliphatic carbocycles. The fraction of sp³-hybridized carbons (Fsp3) is 0.375. The van der Waals surface area contributed by atoms with E-state index in [0.29, 0.717) is 6.54 Å². The molecule has 0 saturated heterocycles. The van der Waals surface area contributed by atoms with E-state index >= 15 is 0 Å². The van der Waals surface area contributed by atoms with Gasteiger partial charge in [-0.15, -0.1) is 11.3 Å². The van der Waals surface area contributed by atoms with Crippen LogP contribution in [0, 0.1) is 0 Å². The first-order valence-corrected chi connectivity index (χ1v) is 7.81. The summed E-state index contributed by atoms with van der Waals surface area (Å²) in [6, 6.07) is 9.71. The Morgan fingerprint density at radius 2 is 1.86 bits per heavy atom. The van der Waals surface area contributed by atoms with Crippen LogP contribution in [-0.4, -0.2) is 0 Å². The van der Waals surface area contributed by atoms with Crippen LogP contribution in [-0.2, 0) is 12.7 Å². The maximum absolute atomic E-state index is 12.5. The van der Waals surface area contributed by atoms with Crippen LogP contribution in [0.4, 0.5) is 13.2 Å². The topological polar surface area (TPSA) is 12.0 Å². The summed E-state index contributed by atoms with van der Waals surface area (Å²) in [6.07, 6.45) is -2.20.